The Morgan fingerprint density at radius 3 is 2.67 bits per heavy atom. The zero-order valence-electron chi connectivity index (χ0n) is 7.66. The lowest BCUT2D eigenvalue weighted by molar-refractivity contribution is -0.131. The summed E-state index contributed by atoms with van der Waals surface area (Å²) in [6.07, 6.45) is 8.80. The molecule has 2 heteroatoms. The maximum Gasteiger partial charge on any atom is 0.328 e. The molecule has 0 aromatic rings. The van der Waals surface area contributed by atoms with E-state index >= 15 is 0 Å². The molecule has 0 aliphatic heterocycles. The highest BCUT2D eigenvalue weighted by Gasteiger charge is 1.91. The third-order valence-corrected chi connectivity index (χ3v) is 1.53. The van der Waals surface area contributed by atoms with Gasteiger partial charge in [0, 0.05) is 6.08 Å². The van der Waals surface area contributed by atoms with Crippen molar-refractivity contribution in [3.8, 4) is 0 Å². The van der Waals surface area contributed by atoms with Crippen LogP contribution in [-0.2, 0) is 4.79 Å². The average molecular weight is 168 g/mol. The number of hydrogen-bond donors (Lipinski definition) is 1. The lowest BCUT2D eigenvalue weighted by atomic mass is 10.1. The molecule has 1 atom stereocenters. The van der Waals surface area contributed by atoms with Gasteiger partial charge in [-0.1, -0.05) is 38.5 Å². The zero-order valence-corrected chi connectivity index (χ0v) is 7.66. The van der Waals surface area contributed by atoms with Crippen molar-refractivity contribution in [1.82, 2.24) is 0 Å². The summed E-state index contributed by atoms with van der Waals surface area (Å²) >= 11 is 0. The van der Waals surface area contributed by atoms with E-state index in [1.54, 1.807) is 12.2 Å². The number of allylic oxidation sites excluding steroid dienone is 3. The second kappa shape index (κ2) is 6.65. The summed E-state index contributed by atoms with van der Waals surface area (Å²) in [6.45, 7) is 4.26. The lowest BCUT2D eigenvalue weighted by Gasteiger charge is -2.00. The lowest BCUT2D eigenvalue weighted by Crippen LogP contribution is -1.87. The normalized spacial score (nSPS) is 14.2. The summed E-state index contributed by atoms with van der Waals surface area (Å²) in [4.78, 5) is 10.0. The van der Waals surface area contributed by atoms with Crippen molar-refractivity contribution in [2.75, 3.05) is 0 Å². The number of carboxylic acids is 1. The second-order valence-electron chi connectivity index (χ2n) is 2.85. The van der Waals surface area contributed by atoms with Crippen molar-refractivity contribution in [3.05, 3.63) is 24.3 Å². The monoisotopic (exact) mass is 168 g/mol. The fraction of sp³-hybridized carbons (Fsp3) is 0.500. The van der Waals surface area contributed by atoms with Gasteiger partial charge in [-0.3, -0.25) is 0 Å². The molecule has 0 rings (SSSR count). The van der Waals surface area contributed by atoms with Gasteiger partial charge >= 0.3 is 5.97 Å². The smallest absolute Gasteiger partial charge is 0.328 e. The standard InChI is InChI=1S/C10H16O2/c1-3-6-9(2)7-4-5-8-10(11)12/h4-5,7-9H,3,6H2,1-2H3,(H,11,12). The summed E-state index contributed by atoms with van der Waals surface area (Å²) in [5, 5.41) is 8.26. The van der Waals surface area contributed by atoms with Crippen LogP contribution < -0.4 is 0 Å². The summed E-state index contributed by atoms with van der Waals surface area (Å²) in [5.74, 6) is -0.365. The topological polar surface area (TPSA) is 37.3 Å². The molecule has 0 saturated carbocycles. The Labute approximate surface area is 73.6 Å². The van der Waals surface area contributed by atoms with E-state index in [4.69, 9.17) is 5.11 Å². The Hall–Kier alpha value is -1.05. The van der Waals surface area contributed by atoms with Crippen LogP contribution in [0.15, 0.2) is 24.3 Å². The summed E-state index contributed by atoms with van der Waals surface area (Å²) in [7, 11) is 0. The fourth-order valence-corrected chi connectivity index (χ4v) is 0.943. The Kier molecular flexibility index (Phi) is 6.07. The molecule has 0 fully saturated rings. The first kappa shape index (κ1) is 11.0. The maximum atomic E-state index is 10.0. The van der Waals surface area contributed by atoms with Crippen LogP contribution in [0.4, 0.5) is 0 Å². The minimum absolute atomic E-state index is 0.536. The van der Waals surface area contributed by atoms with Gasteiger partial charge in [-0.2, -0.15) is 0 Å². The molecule has 0 saturated heterocycles. The minimum Gasteiger partial charge on any atom is -0.478 e. The van der Waals surface area contributed by atoms with Gasteiger partial charge < -0.3 is 5.11 Å². The number of aliphatic carboxylic acids is 1. The van der Waals surface area contributed by atoms with E-state index in [0.717, 1.165) is 18.9 Å². The first-order valence-electron chi connectivity index (χ1n) is 4.24. The van der Waals surface area contributed by atoms with E-state index in [0.29, 0.717) is 5.92 Å². The zero-order chi connectivity index (χ0) is 9.40. The second-order valence-corrected chi connectivity index (χ2v) is 2.85. The minimum atomic E-state index is -0.900. The van der Waals surface area contributed by atoms with Crippen molar-refractivity contribution in [2.24, 2.45) is 5.92 Å². The van der Waals surface area contributed by atoms with E-state index in [1.165, 1.54) is 0 Å². The van der Waals surface area contributed by atoms with E-state index in [1.807, 2.05) is 6.08 Å². The first-order chi connectivity index (χ1) is 5.66. The van der Waals surface area contributed by atoms with Crippen LogP contribution in [-0.4, -0.2) is 11.1 Å². The number of hydrogen-bond acceptors (Lipinski definition) is 1. The van der Waals surface area contributed by atoms with Gasteiger partial charge in [0.2, 0.25) is 0 Å². The molecule has 1 N–H and O–H groups in total. The van der Waals surface area contributed by atoms with Crippen LogP contribution >= 0.6 is 0 Å². The van der Waals surface area contributed by atoms with Gasteiger partial charge in [-0.25, -0.2) is 4.79 Å². The summed E-state index contributed by atoms with van der Waals surface area (Å²) < 4.78 is 0. The third kappa shape index (κ3) is 7.06. The highest BCUT2D eigenvalue weighted by molar-refractivity contribution is 5.80. The van der Waals surface area contributed by atoms with Gasteiger partial charge in [0.1, 0.15) is 0 Å². The number of rotatable bonds is 5. The van der Waals surface area contributed by atoms with Gasteiger partial charge in [0.25, 0.3) is 0 Å². The molecule has 1 unspecified atom stereocenters. The Morgan fingerprint density at radius 1 is 1.50 bits per heavy atom. The van der Waals surface area contributed by atoms with E-state index in [9.17, 15) is 4.79 Å². The summed E-state index contributed by atoms with van der Waals surface area (Å²) in [6, 6.07) is 0. The van der Waals surface area contributed by atoms with Crippen molar-refractivity contribution < 1.29 is 9.90 Å². The molecule has 0 amide bonds. The van der Waals surface area contributed by atoms with Gasteiger partial charge in [-0.15, -0.1) is 0 Å². The van der Waals surface area contributed by atoms with Crippen molar-refractivity contribution >= 4 is 5.97 Å². The summed E-state index contributed by atoms with van der Waals surface area (Å²) in [5.41, 5.74) is 0. The van der Waals surface area contributed by atoms with Crippen LogP contribution in [0.3, 0.4) is 0 Å². The molecule has 68 valence electrons. The SMILES string of the molecule is CCCC(C)C=CC=CC(=O)O. The van der Waals surface area contributed by atoms with Gasteiger partial charge in [-0.05, 0) is 12.3 Å². The van der Waals surface area contributed by atoms with Crippen LogP contribution in [0.5, 0.6) is 0 Å². The molecule has 0 radical (unpaired) electrons. The molecular formula is C10H16O2. The molecule has 0 aliphatic carbocycles. The third-order valence-electron chi connectivity index (χ3n) is 1.53. The fourth-order valence-electron chi connectivity index (χ4n) is 0.943. The quantitative estimate of drug-likeness (QED) is 0.506. The predicted molar refractivity (Wildman–Crippen MR) is 50.0 cm³/mol. The molecule has 0 aromatic heterocycles. The largest absolute Gasteiger partial charge is 0.478 e. The van der Waals surface area contributed by atoms with Gasteiger partial charge in [0.15, 0.2) is 0 Å². The molecule has 0 bridgehead atoms. The molecule has 0 aliphatic rings. The van der Waals surface area contributed by atoms with Crippen molar-refractivity contribution in [1.29, 1.82) is 0 Å². The van der Waals surface area contributed by atoms with E-state index < -0.39 is 5.97 Å². The first-order valence-corrected chi connectivity index (χ1v) is 4.24. The number of carboxylic acid groups (broad SMARTS) is 1. The van der Waals surface area contributed by atoms with Crippen LogP contribution in [0, 0.1) is 5.92 Å². The molecular weight excluding hydrogens is 152 g/mol. The molecule has 2 nitrogen and oxygen atoms in total. The van der Waals surface area contributed by atoms with Gasteiger partial charge in [0.05, 0.1) is 0 Å². The Bertz CT molecular complexity index is 180. The highest BCUT2D eigenvalue weighted by Crippen LogP contribution is 2.05. The molecule has 12 heavy (non-hydrogen) atoms. The Morgan fingerprint density at radius 2 is 2.17 bits per heavy atom. The Balaban J connectivity index is 3.67. The van der Waals surface area contributed by atoms with Crippen molar-refractivity contribution in [2.45, 2.75) is 26.7 Å². The van der Waals surface area contributed by atoms with Crippen LogP contribution in [0.1, 0.15) is 26.7 Å². The molecule has 0 spiro atoms. The van der Waals surface area contributed by atoms with E-state index in [2.05, 4.69) is 13.8 Å². The van der Waals surface area contributed by atoms with Crippen molar-refractivity contribution in [3.63, 3.8) is 0 Å². The van der Waals surface area contributed by atoms with Crippen LogP contribution in [0.25, 0.3) is 0 Å². The van der Waals surface area contributed by atoms with E-state index in [-0.39, 0.29) is 0 Å². The average Bonchev–Trinajstić information content (AvgIpc) is 1.98. The molecule has 0 heterocycles. The van der Waals surface area contributed by atoms with Crippen LogP contribution in [0.2, 0.25) is 0 Å². The maximum absolute atomic E-state index is 10.0. The number of carbonyl (C=O) groups is 1. The predicted octanol–water partition coefficient (Wildman–Crippen LogP) is 2.62. The highest BCUT2D eigenvalue weighted by atomic mass is 16.4. The molecule has 0 aromatic carbocycles.